The zero-order valence-corrected chi connectivity index (χ0v) is 12.1. The molecular formula is C14H16N2O4S. The summed E-state index contributed by atoms with van der Waals surface area (Å²) in [5, 5.41) is 17.9. The van der Waals surface area contributed by atoms with Crippen molar-refractivity contribution in [3.63, 3.8) is 0 Å². The fraction of sp³-hybridized carbons (Fsp3) is 0.429. The topological polar surface area (TPSA) is 107 Å². The molecule has 2 atom stereocenters. The largest absolute Gasteiger partial charge is 0.481 e. The van der Waals surface area contributed by atoms with E-state index in [1.165, 1.54) is 0 Å². The molecule has 112 valence electrons. The van der Waals surface area contributed by atoms with E-state index in [4.69, 9.17) is 10.4 Å². The van der Waals surface area contributed by atoms with Crippen molar-refractivity contribution in [2.24, 2.45) is 5.92 Å². The Morgan fingerprint density at radius 2 is 2.10 bits per heavy atom. The monoisotopic (exact) mass is 308 g/mol. The average Bonchev–Trinajstić information content (AvgIpc) is 2.86. The molecule has 0 aromatic heterocycles. The molecule has 1 aliphatic carbocycles. The number of hydrogen-bond donors (Lipinski definition) is 2. The van der Waals surface area contributed by atoms with Crippen molar-refractivity contribution in [2.45, 2.75) is 31.1 Å². The number of sulfonamides is 1. The summed E-state index contributed by atoms with van der Waals surface area (Å²) in [7, 11) is -3.59. The number of hydrogen-bond acceptors (Lipinski definition) is 4. The van der Waals surface area contributed by atoms with Crippen molar-refractivity contribution in [1.82, 2.24) is 4.72 Å². The van der Waals surface area contributed by atoms with E-state index in [0.29, 0.717) is 30.4 Å². The second-order valence-electron chi connectivity index (χ2n) is 5.19. The van der Waals surface area contributed by atoms with Crippen LogP contribution >= 0.6 is 0 Å². The third kappa shape index (κ3) is 4.03. The summed E-state index contributed by atoms with van der Waals surface area (Å²) >= 11 is 0. The molecule has 0 bridgehead atoms. The van der Waals surface area contributed by atoms with Crippen molar-refractivity contribution >= 4 is 16.0 Å². The highest BCUT2D eigenvalue weighted by atomic mass is 32.2. The first-order valence-electron chi connectivity index (χ1n) is 6.62. The van der Waals surface area contributed by atoms with Gasteiger partial charge in [0.05, 0.1) is 23.3 Å². The predicted octanol–water partition coefficient (Wildman–Crippen LogP) is 1.23. The summed E-state index contributed by atoms with van der Waals surface area (Å²) in [6.45, 7) is 0. The minimum atomic E-state index is -3.59. The van der Waals surface area contributed by atoms with Crippen LogP contribution in [0.4, 0.5) is 0 Å². The summed E-state index contributed by atoms with van der Waals surface area (Å²) in [4.78, 5) is 10.9. The molecule has 7 heteroatoms. The molecule has 0 amide bonds. The molecule has 1 aromatic carbocycles. The van der Waals surface area contributed by atoms with Gasteiger partial charge in [-0.3, -0.25) is 4.79 Å². The van der Waals surface area contributed by atoms with Crippen molar-refractivity contribution < 1.29 is 18.3 Å². The second-order valence-corrected chi connectivity index (χ2v) is 6.94. The first kappa shape index (κ1) is 15.5. The quantitative estimate of drug-likeness (QED) is 0.850. The van der Waals surface area contributed by atoms with Gasteiger partial charge in [-0.2, -0.15) is 5.26 Å². The van der Waals surface area contributed by atoms with E-state index < -0.39 is 21.9 Å². The molecule has 1 fully saturated rings. The van der Waals surface area contributed by atoms with E-state index in [1.54, 1.807) is 24.3 Å². The molecule has 1 saturated carbocycles. The van der Waals surface area contributed by atoms with Crippen LogP contribution in [-0.2, 0) is 20.6 Å². The Bertz CT molecular complexity index is 678. The van der Waals surface area contributed by atoms with Crippen LogP contribution in [0, 0.1) is 17.2 Å². The lowest BCUT2D eigenvalue weighted by Crippen LogP contribution is -2.34. The van der Waals surface area contributed by atoms with Crippen LogP contribution in [0.15, 0.2) is 24.3 Å². The van der Waals surface area contributed by atoms with Crippen molar-refractivity contribution in [3.8, 4) is 6.07 Å². The zero-order valence-electron chi connectivity index (χ0n) is 11.3. The lowest BCUT2D eigenvalue weighted by atomic mass is 10.1. The second kappa shape index (κ2) is 6.24. The maximum Gasteiger partial charge on any atom is 0.306 e. The lowest BCUT2D eigenvalue weighted by molar-refractivity contribution is -0.141. The van der Waals surface area contributed by atoms with E-state index in [0.717, 1.165) is 0 Å². The maximum atomic E-state index is 12.1. The average molecular weight is 308 g/mol. The molecule has 1 aromatic rings. The van der Waals surface area contributed by atoms with Crippen LogP contribution in [0.25, 0.3) is 0 Å². The van der Waals surface area contributed by atoms with Gasteiger partial charge in [0.15, 0.2) is 0 Å². The Labute approximate surface area is 123 Å². The molecule has 0 saturated heterocycles. The molecule has 0 aliphatic heterocycles. The van der Waals surface area contributed by atoms with Gasteiger partial charge in [-0.15, -0.1) is 0 Å². The van der Waals surface area contributed by atoms with Gasteiger partial charge in [0.1, 0.15) is 0 Å². The third-order valence-electron chi connectivity index (χ3n) is 3.61. The standard InChI is InChI=1S/C14H16N2O4S/c15-8-11-3-1-2-4-12(11)9-21(19,20)16-13-6-5-10(7-13)14(17)18/h1-4,10,13,16H,5-7,9H2,(H,17,18). The van der Waals surface area contributed by atoms with Gasteiger partial charge in [-0.1, -0.05) is 18.2 Å². The molecule has 2 rings (SSSR count). The highest BCUT2D eigenvalue weighted by molar-refractivity contribution is 7.88. The van der Waals surface area contributed by atoms with Crippen molar-refractivity contribution in [1.29, 1.82) is 5.26 Å². The maximum absolute atomic E-state index is 12.1. The van der Waals surface area contributed by atoms with Gasteiger partial charge in [0.2, 0.25) is 10.0 Å². The van der Waals surface area contributed by atoms with E-state index in [-0.39, 0.29) is 11.8 Å². The summed E-state index contributed by atoms with van der Waals surface area (Å²) in [6.07, 6.45) is 1.32. The summed E-state index contributed by atoms with van der Waals surface area (Å²) in [6, 6.07) is 8.15. The number of aliphatic carboxylic acids is 1. The smallest absolute Gasteiger partial charge is 0.306 e. The van der Waals surface area contributed by atoms with Gasteiger partial charge in [-0.05, 0) is 30.9 Å². The van der Waals surface area contributed by atoms with Crippen molar-refractivity contribution in [2.75, 3.05) is 0 Å². The van der Waals surface area contributed by atoms with Crippen LogP contribution < -0.4 is 4.72 Å². The molecule has 1 aliphatic rings. The SMILES string of the molecule is N#Cc1ccccc1CS(=O)(=O)NC1CCC(C(=O)O)C1. The van der Waals surface area contributed by atoms with Crippen LogP contribution in [-0.4, -0.2) is 25.5 Å². The third-order valence-corrected chi connectivity index (χ3v) is 4.99. The first-order chi connectivity index (χ1) is 9.91. The minimum Gasteiger partial charge on any atom is -0.481 e. The Balaban J connectivity index is 2.03. The molecule has 6 nitrogen and oxygen atoms in total. The number of rotatable bonds is 5. The summed E-state index contributed by atoms with van der Waals surface area (Å²) in [5.41, 5.74) is 0.776. The van der Waals surface area contributed by atoms with Crippen LogP contribution in [0.2, 0.25) is 0 Å². The predicted molar refractivity (Wildman–Crippen MR) is 75.7 cm³/mol. The minimum absolute atomic E-state index is 0.273. The molecule has 0 radical (unpaired) electrons. The summed E-state index contributed by atoms with van der Waals surface area (Å²) in [5.74, 6) is -1.64. The first-order valence-corrected chi connectivity index (χ1v) is 8.27. The van der Waals surface area contributed by atoms with E-state index in [1.807, 2.05) is 6.07 Å². The zero-order chi connectivity index (χ0) is 15.5. The normalized spacial score (nSPS) is 21.9. The molecule has 0 spiro atoms. The van der Waals surface area contributed by atoms with Crippen LogP contribution in [0.3, 0.4) is 0 Å². The van der Waals surface area contributed by atoms with E-state index in [9.17, 15) is 13.2 Å². The number of carboxylic acids is 1. The Hall–Kier alpha value is -1.91. The number of carbonyl (C=O) groups is 1. The van der Waals surface area contributed by atoms with Crippen LogP contribution in [0.1, 0.15) is 30.4 Å². The number of nitrogens with zero attached hydrogens (tertiary/aromatic N) is 1. The Kier molecular flexibility index (Phi) is 4.60. The highest BCUT2D eigenvalue weighted by Crippen LogP contribution is 2.26. The highest BCUT2D eigenvalue weighted by Gasteiger charge is 2.32. The number of nitrogens with one attached hydrogen (secondary N) is 1. The fourth-order valence-corrected chi connectivity index (χ4v) is 4.03. The van der Waals surface area contributed by atoms with E-state index in [2.05, 4.69) is 4.72 Å². The number of nitriles is 1. The van der Waals surface area contributed by atoms with Crippen LogP contribution in [0.5, 0.6) is 0 Å². The van der Waals surface area contributed by atoms with Gasteiger partial charge in [0, 0.05) is 6.04 Å². The number of benzene rings is 1. The molecule has 2 N–H and O–H groups in total. The Morgan fingerprint density at radius 3 is 2.71 bits per heavy atom. The molecule has 21 heavy (non-hydrogen) atoms. The fourth-order valence-electron chi connectivity index (χ4n) is 2.57. The lowest BCUT2D eigenvalue weighted by Gasteiger charge is -2.13. The molecule has 0 heterocycles. The van der Waals surface area contributed by atoms with Gasteiger partial charge in [-0.25, -0.2) is 13.1 Å². The van der Waals surface area contributed by atoms with E-state index >= 15 is 0 Å². The number of carboxylic acid groups (broad SMARTS) is 1. The summed E-state index contributed by atoms with van der Waals surface area (Å²) < 4.78 is 26.8. The molecular weight excluding hydrogens is 292 g/mol. The van der Waals surface area contributed by atoms with Gasteiger partial charge in [0.25, 0.3) is 0 Å². The van der Waals surface area contributed by atoms with Crippen molar-refractivity contribution in [3.05, 3.63) is 35.4 Å². The Morgan fingerprint density at radius 1 is 1.38 bits per heavy atom. The van der Waals surface area contributed by atoms with Gasteiger partial charge >= 0.3 is 5.97 Å². The van der Waals surface area contributed by atoms with Gasteiger partial charge < -0.3 is 5.11 Å². The molecule has 2 unspecified atom stereocenters.